The summed E-state index contributed by atoms with van der Waals surface area (Å²) >= 11 is 1.56. The van der Waals surface area contributed by atoms with E-state index in [-0.39, 0.29) is 0 Å². The SMILES string of the molecule is CC[Si](CC)(CC)OSc1ccccc1. The predicted octanol–water partition coefficient (Wildman–Crippen LogP) is 4.72. The Hall–Kier alpha value is -0.253. The molecular formula is C12H20OSSi. The molecule has 0 N–H and O–H groups in total. The zero-order chi connectivity index (χ0) is 11.1. The molecule has 0 aliphatic heterocycles. The molecule has 0 spiro atoms. The first-order valence-corrected chi connectivity index (χ1v) is 8.94. The van der Waals surface area contributed by atoms with Crippen LogP contribution in [-0.2, 0) is 3.87 Å². The molecule has 3 heteroatoms. The van der Waals surface area contributed by atoms with Crippen LogP contribution in [0, 0.1) is 0 Å². The van der Waals surface area contributed by atoms with Crippen LogP contribution >= 0.6 is 12.0 Å². The van der Waals surface area contributed by atoms with Crippen LogP contribution < -0.4 is 0 Å². The molecule has 0 atom stereocenters. The van der Waals surface area contributed by atoms with E-state index in [1.54, 1.807) is 12.0 Å². The smallest absolute Gasteiger partial charge is 0.211 e. The van der Waals surface area contributed by atoms with E-state index in [1.807, 2.05) is 6.07 Å². The molecule has 0 radical (unpaired) electrons. The lowest BCUT2D eigenvalue weighted by molar-refractivity contribution is 0.615. The van der Waals surface area contributed by atoms with Crippen molar-refractivity contribution in [2.45, 2.75) is 43.8 Å². The van der Waals surface area contributed by atoms with Gasteiger partial charge in [-0.3, -0.25) is 0 Å². The van der Waals surface area contributed by atoms with E-state index in [4.69, 9.17) is 3.87 Å². The molecule has 84 valence electrons. The molecule has 0 saturated carbocycles. The highest BCUT2D eigenvalue weighted by atomic mass is 32.2. The second-order valence-electron chi connectivity index (χ2n) is 3.72. The van der Waals surface area contributed by atoms with Crippen molar-refractivity contribution in [1.82, 2.24) is 0 Å². The second kappa shape index (κ2) is 6.36. The Labute approximate surface area is 98.6 Å². The highest BCUT2D eigenvalue weighted by Crippen LogP contribution is 2.30. The Morgan fingerprint density at radius 3 is 2.00 bits per heavy atom. The van der Waals surface area contributed by atoms with Crippen LogP contribution in [0.3, 0.4) is 0 Å². The molecule has 0 aliphatic carbocycles. The Morgan fingerprint density at radius 2 is 1.53 bits per heavy atom. The van der Waals surface area contributed by atoms with Gasteiger partial charge in [0.15, 0.2) is 0 Å². The molecule has 0 fully saturated rings. The summed E-state index contributed by atoms with van der Waals surface area (Å²) in [6.45, 7) is 6.76. The molecule has 1 rings (SSSR count). The second-order valence-corrected chi connectivity index (χ2v) is 9.52. The highest BCUT2D eigenvalue weighted by Gasteiger charge is 2.29. The summed E-state index contributed by atoms with van der Waals surface area (Å²) in [6, 6.07) is 14.0. The first kappa shape index (κ1) is 12.8. The average Bonchev–Trinajstić information content (AvgIpc) is 2.33. The highest BCUT2D eigenvalue weighted by molar-refractivity contribution is 7.95. The van der Waals surface area contributed by atoms with Crippen molar-refractivity contribution in [3.8, 4) is 0 Å². The van der Waals surface area contributed by atoms with E-state index >= 15 is 0 Å². The Kier molecular flexibility index (Phi) is 5.43. The Morgan fingerprint density at radius 1 is 1.00 bits per heavy atom. The minimum absolute atomic E-state index is 1.21. The maximum absolute atomic E-state index is 6.12. The lowest BCUT2D eigenvalue weighted by Gasteiger charge is -2.26. The summed E-state index contributed by atoms with van der Waals surface area (Å²) in [7, 11) is -1.44. The van der Waals surface area contributed by atoms with Crippen LogP contribution in [0.25, 0.3) is 0 Å². The summed E-state index contributed by atoms with van der Waals surface area (Å²) in [4.78, 5) is 1.21. The normalized spacial score (nSPS) is 11.7. The molecule has 0 aliphatic rings. The van der Waals surface area contributed by atoms with Gasteiger partial charge in [-0.05, 0) is 30.3 Å². The van der Waals surface area contributed by atoms with Crippen molar-refractivity contribution in [1.29, 1.82) is 0 Å². The molecule has 1 aromatic carbocycles. The third-order valence-electron chi connectivity index (χ3n) is 2.99. The minimum Gasteiger partial charge on any atom is -0.353 e. The summed E-state index contributed by atoms with van der Waals surface area (Å²) in [6.07, 6.45) is 0. The van der Waals surface area contributed by atoms with Crippen LogP contribution in [0.4, 0.5) is 0 Å². The molecule has 0 aromatic heterocycles. The molecule has 1 nitrogen and oxygen atoms in total. The van der Waals surface area contributed by atoms with E-state index in [0.717, 1.165) is 0 Å². The van der Waals surface area contributed by atoms with Gasteiger partial charge in [-0.15, -0.1) is 0 Å². The van der Waals surface area contributed by atoms with Crippen LogP contribution in [0.15, 0.2) is 35.2 Å². The standard InChI is InChI=1S/C12H20OSSi/c1-4-15(5-2,6-3)13-14-12-10-8-7-9-11-12/h7-11H,4-6H2,1-3H3. The molecule has 0 amide bonds. The van der Waals surface area contributed by atoms with Crippen molar-refractivity contribution in [2.75, 3.05) is 0 Å². The molecule has 15 heavy (non-hydrogen) atoms. The van der Waals surface area contributed by atoms with Crippen molar-refractivity contribution in [2.24, 2.45) is 0 Å². The van der Waals surface area contributed by atoms with Gasteiger partial charge in [-0.2, -0.15) is 0 Å². The number of benzene rings is 1. The zero-order valence-electron chi connectivity index (χ0n) is 9.82. The average molecular weight is 240 g/mol. The maximum Gasteiger partial charge on any atom is 0.211 e. The maximum atomic E-state index is 6.12. The zero-order valence-corrected chi connectivity index (χ0v) is 11.6. The molecular weight excluding hydrogens is 220 g/mol. The van der Waals surface area contributed by atoms with Gasteiger partial charge in [0, 0.05) is 16.9 Å². The summed E-state index contributed by atoms with van der Waals surface area (Å²) in [5.41, 5.74) is 0. The Balaban J connectivity index is 2.54. The van der Waals surface area contributed by atoms with E-state index in [1.165, 1.54) is 23.0 Å². The Bertz CT molecular complexity index is 264. The summed E-state index contributed by atoms with van der Waals surface area (Å²) < 4.78 is 6.12. The third kappa shape index (κ3) is 3.67. The van der Waals surface area contributed by atoms with E-state index in [2.05, 4.69) is 45.0 Å². The fourth-order valence-corrected chi connectivity index (χ4v) is 5.81. The number of hydrogen-bond donors (Lipinski definition) is 0. The molecule has 1 aromatic rings. The first-order valence-electron chi connectivity index (χ1n) is 5.67. The van der Waals surface area contributed by atoms with Crippen molar-refractivity contribution in [3.05, 3.63) is 30.3 Å². The van der Waals surface area contributed by atoms with Crippen molar-refractivity contribution in [3.63, 3.8) is 0 Å². The summed E-state index contributed by atoms with van der Waals surface area (Å²) in [5.74, 6) is 0. The van der Waals surface area contributed by atoms with Gasteiger partial charge in [0.1, 0.15) is 0 Å². The summed E-state index contributed by atoms with van der Waals surface area (Å²) in [5, 5.41) is 0. The van der Waals surface area contributed by atoms with E-state index < -0.39 is 8.32 Å². The van der Waals surface area contributed by atoms with Crippen LogP contribution in [0.2, 0.25) is 18.1 Å². The monoisotopic (exact) mass is 240 g/mol. The molecule has 0 heterocycles. The molecule has 0 saturated heterocycles. The van der Waals surface area contributed by atoms with Gasteiger partial charge in [-0.1, -0.05) is 39.0 Å². The third-order valence-corrected chi connectivity index (χ3v) is 9.07. The largest absolute Gasteiger partial charge is 0.353 e. The lowest BCUT2D eigenvalue weighted by atomic mass is 10.4. The van der Waals surface area contributed by atoms with E-state index in [9.17, 15) is 0 Å². The fourth-order valence-electron chi connectivity index (χ4n) is 1.54. The predicted molar refractivity (Wildman–Crippen MR) is 70.6 cm³/mol. The van der Waals surface area contributed by atoms with E-state index in [0.29, 0.717) is 0 Å². The quantitative estimate of drug-likeness (QED) is 0.526. The molecule has 0 bridgehead atoms. The molecule has 0 unspecified atom stereocenters. The van der Waals surface area contributed by atoms with Crippen LogP contribution in [0.5, 0.6) is 0 Å². The van der Waals surface area contributed by atoms with Crippen molar-refractivity contribution < 1.29 is 3.87 Å². The van der Waals surface area contributed by atoms with Crippen LogP contribution in [0.1, 0.15) is 20.8 Å². The van der Waals surface area contributed by atoms with Gasteiger partial charge in [0.25, 0.3) is 0 Å². The minimum atomic E-state index is -1.44. The lowest BCUT2D eigenvalue weighted by Crippen LogP contribution is -2.32. The topological polar surface area (TPSA) is 9.23 Å². The van der Waals surface area contributed by atoms with Gasteiger partial charge >= 0.3 is 0 Å². The van der Waals surface area contributed by atoms with Gasteiger partial charge in [-0.25, -0.2) is 0 Å². The first-order chi connectivity index (χ1) is 7.26. The fraction of sp³-hybridized carbons (Fsp3) is 0.500. The number of rotatable bonds is 6. The number of hydrogen-bond acceptors (Lipinski definition) is 2. The van der Waals surface area contributed by atoms with Gasteiger partial charge in [0.05, 0.1) is 0 Å². The van der Waals surface area contributed by atoms with Crippen molar-refractivity contribution >= 4 is 20.4 Å². The van der Waals surface area contributed by atoms with Gasteiger partial charge < -0.3 is 3.87 Å². The van der Waals surface area contributed by atoms with Crippen LogP contribution in [-0.4, -0.2) is 8.32 Å². The van der Waals surface area contributed by atoms with Gasteiger partial charge in [0.2, 0.25) is 8.32 Å².